The molecule has 0 amide bonds. The van der Waals surface area contributed by atoms with Gasteiger partial charge in [0.15, 0.2) is 0 Å². The molecule has 1 aliphatic heterocycles. The molecule has 3 heteroatoms. The number of nitrogens with zero attached hydrogens (tertiary/aromatic N) is 1. The van der Waals surface area contributed by atoms with Crippen LogP contribution in [0, 0.1) is 17.8 Å². The zero-order chi connectivity index (χ0) is 18.7. The Bertz CT molecular complexity index is 1040. The smallest absolute Gasteiger partial charge is 0.0703 e. The Morgan fingerprint density at radius 1 is 1.14 bits per heavy atom. The minimum Gasteiger partial charge on any atom is -0.359 e. The van der Waals surface area contributed by atoms with E-state index in [1.165, 1.54) is 72.9 Å². The zero-order valence-corrected chi connectivity index (χ0v) is 16.5. The van der Waals surface area contributed by atoms with Gasteiger partial charge in [0.05, 0.1) is 6.67 Å². The van der Waals surface area contributed by atoms with Crippen LogP contribution in [0.1, 0.15) is 43.4 Å². The molecule has 0 radical (unpaired) electrons. The van der Waals surface area contributed by atoms with Gasteiger partial charge in [-0.05, 0) is 80.1 Å². The summed E-state index contributed by atoms with van der Waals surface area (Å²) in [5, 5.41) is 5.14. The van der Waals surface area contributed by atoms with Crippen LogP contribution in [0.25, 0.3) is 10.9 Å². The van der Waals surface area contributed by atoms with Crippen molar-refractivity contribution in [2.45, 2.75) is 51.6 Å². The van der Waals surface area contributed by atoms with E-state index in [1.54, 1.807) is 11.1 Å². The van der Waals surface area contributed by atoms with Gasteiger partial charge in [0.1, 0.15) is 0 Å². The van der Waals surface area contributed by atoms with E-state index >= 15 is 0 Å². The molecule has 28 heavy (non-hydrogen) atoms. The molecule has 6 rings (SSSR count). The van der Waals surface area contributed by atoms with Crippen molar-refractivity contribution in [2.24, 2.45) is 23.5 Å². The van der Waals surface area contributed by atoms with Gasteiger partial charge in [-0.3, -0.25) is 0 Å². The third-order valence-corrected chi connectivity index (χ3v) is 7.73. The first kappa shape index (κ1) is 16.7. The summed E-state index contributed by atoms with van der Waals surface area (Å²) in [6.07, 6.45) is 15.9. The molecule has 4 aliphatic rings. The van der Waals surface area contributed by atoms with E-state index in [0.717, 1.165) is 11.8 Å². The maximum Gasteiger partial charge on any atom is 0.0703 e. The molecule has 0 bridgehead atoms. The van der Waals surface area contributed by atoms with E-state index in [-0.39, 0.29) is 0 Å². The van der Waals surface area contributed by atoms with Gasteiger partial charge in [-0.15, -0.1) is 0 Å². The van der Waals surface area contributed by atoms with Gasteiger partial charge in [0.25, 0.3) is 0 Å². The van der Waals surface area contributed by atoms with E-state index in [4.69, 9.17) is 5.73 Å². The molecule has 2 heterocycles. The molecule has 1 aromatic carbocycles. The summed E-state index contributed by atoms with van der Waals surface area (Å²) in [4.78, 5) is 0. The SMILES string of the molecule is NCn1c2c(c3ccccc31)CC(C1CC=C3NC4=C(CCC=C4)C3C1)CC2. The lowest BCUT2D eigenvalue weighted by Gasteiger charge is -2.35. The first-order valence-electron chi connectivity index (χ1n) is 11.0. The van der Waals surface area contributed by atoms with Crippen molar-refractivity contribution in [3.8, 4) is 0 Å². The molecule has 0 fully saturated rings. The first-order chi connectivity index (χ1) is 13.8. The molecule has 3 N–H and O–H groups in total. The zero-order valence-electron chi connectivity index (χ0n) is 16.5. The summed E-state index contributed by atoms with van der Waals surface area (Å²) in [5.74, 6) is 2.26. The Hall–Kier alpha value is -2.26. The molecule has 0 saturated carbocycles. The lowest BCUT2D eigenvalue weighted by atomic mass is 9.70. The average molecular weight is 372 g/mol. The predicted molar refractivity (Wildman–Crippen MR) is 114 cm³/mol. The summed E-state index contributed by atoms with van der Waals surface area (Å²) in [7, 11) is 0. The van der Waals surface area contributed by atoms with Crippen LogP contribution in [0.3, 0.4) is 0 Å². The third-order valence-electron chi connectivity index (χ3n) is 7.73. The number of hydrogen-bond acceptors (Lipinski definition) is 2. The topological polar surface area (TPSA) is 43.0 Å². The number of nitrogens with one attached hydrogen (secondary N) is 1. The summed E-state index contributed by atoms with van der Waals surface area (Å²) < 4.78 is 2.35. The summed E-state index contributed by atoms with van der Waals surface area (Å²) >= 11 is 0. The van der Waals surface area contributed by atoms with Crippen molar-refractivity contribution < 1.29 is 0 Å². The van der Waals surface area contributed by atoms with Crippen molar-refractivity contribution in [1.29, 1.82) is 0 Å². The van der Waals surface area contributed by atoms with Crippen LogP contribution in [0.15, 0.2) is 59.5 Å². The highest BCUT2D eigenvalue weighted by molar-refractivity contribution is 5.85. The van der Waals surface area contributed by atoms with Crippen LogP contribution >= 0.6 is 0 Å². The summed E-state index contributed by atoms with van der Waals surface area (Å²) in [5.41, 5.74) is 15.1. The fraction of sp³-hybridized carbons (Fsp3) is 0.440. The van der Waals surface area contributed by atoms with E-state index in [2.05, 4.69) is 52.4 Å². The molecule has 0 spiro atoms. The molecular weight excluding hydrogens is 342 g/mol. The van der Waals surface area contributed by atoms with Gasteiger partial charge in [-0.25, -0.2) is 0 Å². The number of aromatic nitrogens is 1. The Morgan fingerprint density at radius 2 is 2.07 bits per heavy atom. The van der Waals surface area contributed by atoms with Gasteiger partial charge in [-0.2, -0.15) is 0 Å². The summed E-state index contributed by atoms with van der Waals surface area (Å²) in [6.45, 7) is 0.592. The molecule has 3 unspecified atom stereocenters. The standard InChI is InChI=1S/C25H29N3/c26-15-28-24-8-4-2-6-19(24)21-14-17(10-12-25(21)28)16-9-11-23-20(13-16)18-5-1-3-7-22(18)27-23/h2-4,6-8,11,16-17,20,27H,1,5,9-10,12-15,26H2. The van der Waals surface area contributed by atoms with Crippen LogP contribution in [-0.2, 0) is 19.5 Å². The average Bonchev–Trinajstić information content (AvgIpc) is 3.28. The molecule has 3 nitrogen and oxygen atoms in total. The normalized spacial score (nSPS) is 28.6. The highest BCUT2D eigenvalue weighted by Crippen LogP contribution is 2.47. The lowest BCUT2D eigenvalue weighted by molar-refractivity contribution is 0.253. The van der Waals surface area contributed by atoms with Crippen LogP contribution < -0.4 is 11.1 Å². The number of fused-ring (bicyclic) bond motifs is 5. The number of allylic oxidation sites excluding steroid dienone is 4. The fourth-order valence-electron chi connectivity index (χ4n) is 6.36. The number of benzene rings is 1. The van der Waals surface area contributed by atoms with E-state index in [0.29, 0.717) is 12.6 Å². The Kier molecular flexibility index (Phi) is 3.80. The van der Waals surface area contributed by atoms with Crippen molar-refractivity contribution in [3.05, 3.63) is 70.7 Å². The molecular formula is C25H29N3. The number of para-hydroxylation sites is 1. The maximum absolute atomic E-state index is 6.12. The largest absolute Gasteiger partial charge is 0.359 e. The van der Waals surface area contributed by atoms with Crippen molar-refractivity contribution >= 4 is 10.9 Å². The van der Waals surface area contributed by atoms with E-state index < -0.39 is 0 Å². The molecule has 144 valence electrons. The van der Waals surface area contributed by atoms with Gasteiger partial charge < -0.3 is 15.6 Å². The van der Waals surface area contributed by atoms with Gasteiger partial charge in [0.2, 0.25) is 0 Å². The first-order valence-corrected chi connectivity index (χ1v) is 11.0. The molecule has 1 aromatic heterocycles. The minimum atomic E-state index is 0.592. The monoisotopic (exact) mass is 371 g/mol. The number of hydrogen-bond donors (Lipinski definition) is 2. The second-order valence-electron chi connectivity index (χ2n) is 9.00. The van der Waals surface area contributed by atoms with E-state index in [1.807, 2.05) is 0 Å². The molecule has 3 atom stereocenters. The van der Waals surface area contributed by atoms with Crippen LogP contribution in [0.5, 0.6) is 0 Å². The minimum absolute atomic E-state index is 0.592. The van der Waals surface area contributed by atoms with E-state index in [9.17, 15) is 0 Å². The van der Waals surface area contributed by atoms with Gasteiger partial charge in [-0.1, -0.05) is 30.4 Å². The van der Waals surface area contributed by atoms with Crippen LogP contribution in [0.4, 0.5) is 0 Å². The highest BCUT2D eigenvalue weighted by Gasteiger charge is 2.38. The van der Waals surface area contributed by atoms with Crippen molar-refractivity contribution in [2.75, 3.05) is 0 Å². The second-order valence-corrected chi connectivity index (χ2v) is 9.00. The lowest BCUT2D eigenvalue weighted by Crippen LogP contribution is -2.28. The van der Waals surface area contributed by atoms with Gasteiger partial charge in [0, 0.05) is 33.9 Å². The Labute approximate surface area is 167 Å². The second kappa shape index (κ2) is 6.38. The molecule has 2 aromatic rings. The Morgan fingerprint density at radius 3 is 3.00 bits per heavy atom. The highest BCUT2D eigenvalue weighted by atomic mass is 15.1. The molecule has 3 aliphatic carbocycles. The quantitative estimate of drug-likeness (QED) is 0.798. The van der Waals surface area contributed by atoms with Crippen LogP contribution in [0.2, 0.25) is 0 Å². The number of rotatable bonds is 2. The maximum atomic E-state index is 6.12. The summed E-state index contributed by atoms with van der Waals surface area (Å²) in [6, 6.07) is 8.85. The Balaban J connectivity index is 1.30. The number of nitrogens with two attached hydrogens (primary N) is 1. The predicted octanol–water partition coefficient (Wildman–Crippen LogP) is 4.78. The van der Waals surface area contributed by atoms with Crippen LogP contribution in [-0.4, -0.2) is 4.57 Å². The van der Waals surface area contributed by atoms with Crippen molar-refractivity contribution in [1.82, 2.24) is 9.88 Å². The third kappa shape index (κ3) is 2.39. The molecule has 0 saturated heterocycles. The fourth-order valence-corrected chi connectivity index (χ4v) is 6.36. The van der Waals surface area contributed by atoms with Gasteiger partial charge >= 0.3 is 0 Å². The van der Waals surface area contributed by atoms with Crippen molar-refractivity contribution in [3.63, 3.8) is 0 Å².